The van der Waals surface area contributed by atoms with Crippen molar-refractivity contribution in [3.63, 3.8) is 0 Å². The number of piperidine rings is 1. The van der Waals surface area contributed by atoms with E-state index in [0.717, 1.165) is 31.8 Å². The highest BCUT2D eigenvalue weighted by Crippen LogP contribution is 2.14. The van der Waals surface area contributed by atoms with Crippen molar-refractivity contribution in [3.8, 4) is 5.75 Å². The van der Waals surface area contributed by atoms with Gasteiger partial charge in [-0.2, -0.15) is 0 Å². The number of oxime groups is 1. The average molecular weight is 293 g/mol. The highest BCUT2D eigenvalue weighted by Gasteiger charge is 2.18. The van der Waals surface area contributed by atoms with Crippen molar-refractivity contribution < 1.29 is 14.7 Å². The third kappa shape index (κ3) is 4.61. The molecular weight excluding hydrogens is 270 g/mol. The van der Waals surface area contributed by atoms with Crippen LogP contribution in [0.1, 0.15) is 18.4 Å². The summed E-state index contributed by atoms with van der Waals surface area (Å²) in [5.41, 5.74) is 6.18. The van der Waals surface area contributed by atoms with E-state index in [2.05, 4.69) is 10.1 Å². The first-order valence-electron chi connectivity index (χ1n) is 7.19. The fourth-order valence-electron chi connectivity index (χ4n) is 2.48. The summed E-state index contributed by atoms with van der Waals surface area (Å²) in [4.78, 5) is 2.36. The Hall–Kier alpha value is -1.79. The van der Waals surface area contributed by atoms with E-state index in [1.165, 1.54) is 6.42 Å². The highest BCUT2D eigenvalue weighted by atomic mass is 16.5. The van der Waals surface area contributed by atoms with Gasteiger partial charge >= 0.3 is 0 Å². The smallest absolute Gasteiger partial charge is 0.170 e. The molecule has 0 bridgehead atoms. The zero-order valence-electron chi connectivity index (χ0n) is 12.4. The van der Waals surface area contributed by atoms with Gasteiger partial charge in [0.2, 0.25) is 0 Å². The Labute approximate surface area is 125 Å². The van der Waals surface area contributed by atoms with Crippen LogP contribution in [-0.2, 0) is 4.74 Å². The molecule has 1 fully saturated rings. The topological polar surface area (TPSA) is 80.3 Å². The summed E-state index contributed by atoms with van der Waals surface area (Å²) in [6.07, 6.45) is 2.66. The zero-order valence-corrected chi connectivity index (χ0v) is 12.4. The quantitative estimate of drug-likeness (QED) is 0.357. The summed E-state index contributed by atoms with van der Waals surface area (Å²) in [6.45, 7) is 3.61. The van der Waals surface area contributed by atoms with Crippen molar-refractivity contribution in [2.24, 2.45) is 10.9 Å². The van der Waals surface area contributed by atoms with E-state index in [0.29, 0.717) is 18.3 Å². The lowest BCUT2D eigenvalue weighted by molar-refractivity contribution is 0.0272. The molecule has 1 unspecified atom stereocenters. The van der Waals surface area contributed by atoms with Crippen LogP contribution in [0.2, 0.25) is 0 Å². The summed E-state index contributed by atoms with van der Waals surface area (Å²) >= 11 is 0. The molecule has 2 rings (SSSR count). The Bertz CT molecular complexity index is 462. The van der Waals surface area contributed by atoms with Crippen LogP contribution in [0.25, 0.3) is 0 Å². The minimum absolute atomic E-state index is 0.0977. The van der Waals surface area contributed by atoms with Gasteiger partial charge in [-0.3, -0.25) is 4.90 Å². The van der Waals surface area contributed by atoms with Gasteiger partial charge in [-0.1, -0.05) is 5.16 Å². The molecule has 0 amide bonds. The number of rotatable bonds is 6. The molecule has 1 aliphatic heterocycles. The van der Waals surface area contributed by atoms with Crippen molar-refractivity contribution in [1.29, 1.82) is 0 Å². The van der Waals surface area contributed by atoms with Crippen LogP contribution >= 0.6 is 0 Å². The van der Waals surface area contributed by atoms with E-state index >= 15 is 0 Å². The molecule has 1 atom stereocenters. The second kappa shape index (κ2) is 7.85. The lowest BCUT2D eigenvalue weighted by atomic mass is 10.1. The van der Waals surface area contributed by atoms with Crippen LogP contribution in [0, 0.1) is 0 Å². The molecule has 0 aliphatic carbocycles. The molecule has 1 saturated heterocycles. The number of nitrogens with zero attached hydrogens (tertiary/aromatic N) is 2. The first-order chi connectivity index (χ1) is 10.2. The molecule has 21 heavy (non-hydrogen) atoms. The zero-order chi connectivity index (χ0) is 15.1. The fourth-order valence-corrected chi connectivity index (χ4v) is 2.48. The maximum absolute atomic E-state index is 8.60. The fraction of sp³-hybridized carbons (Fsp3) is 0.533. The van der Waals surface area contributed by atoms with E-state index in [-0.39, 0.29) is 5.84 Å². The second-order valence-electron chi connectivity index (χ2n) is 5.16. The standard InChI is InChI=1S/C15H23N3O3/c1-20-14-3-2-8-18(11-14)9-10-21-13-6-4-12(5-7-13)15(16)17-19/h4-7,14,19H,2-3,8-11H2,1H3,(H2,16,17). The van der Waals surface area contributed by atoms with Gasteiger partial charge in [-0.25, -0.2) is 0 Å². The third-order valence-electron chi connectivity index (χ3n) is 3.73. The van der Waals surface area contributed by atoms with Crippen LogP contribution in [0.15, 0.2) is 29.4 Å². The molecular formula is C15H23N3O3. The summed E-state index contributed by atoms with van der Waals surface area (Å²) in [7, 11) is 1.77. The van der Waals surface area contributed by atoms with Gasteiger partial charge in [0.15, 0.2) is 5.84 Å². The summed E-state index contributed by atoms with van der Waals surface area (Å²) in [6, 6.07) is 7.18. The molecule has 116 valence electrons. The van der Waals surface area contributed by atoms with Crippen molar-refractivity contribution in [3.05, 3.63) is 29.8 Å². The number of hydrogen-bond donors (Lipinski definition) is 2. The van der Waals surface area contributed by atoms with Crippen molar-refractivity contribution in [1.82, 2.24) is 4.90 Å². The average Bonchev–Trinajstić information content (AvgIpc) is 2.55. The molecule has 0 spiro atoms. The van der Waals surface area contributed by atoms with E-state index in [4.69, 9.17) is 20.4 Å². The summed E-state index contributed by atoms with van der Waals surface area (Å²) in [5, 5.41) is 11.6. The van der Waals surface area contributed by atoms with Crippen molar-refractivity contribution in [2.75, 3.05) is 33.4 Å². The molecule has 3 N–H and O–H groups in total. The molecule has 0 saturated carbocycles. The van der Waals surface area contributed by atoms with Gasteiger partial charge in [0, 0.05) is 25.8 Å². The Morgan fingerprint density at radius 1 is 1.43 bits per heavy atom. The van der Waals surface area contributed by atoms with Gasteiger partial charge in [0.1, 0.15) is 12.4 Å². The normalized spacial score (nSPS) is 20.4. The lowest BCUT2D eigenvalue weighted by Gasteiger charge is -2.31. The number of methoxy groups -OCH3 is 1. The Morgan fingerprint density at radius 2 is 2.19 bits per heavy atom. The van der Waals surface area contributed by atoms with Crippen molar-refractivity contribution >= 4 is 5.84 Å². The van der Waals surface area contributed by atoms with Gasteiger partial charge in [0.05, 0.1) is 6.10 Å². The van der Waals surface area contributed by atoms with E-state index in [1.807, 2.05) is 12.1 Å². The number of hydrogen-bond acceptors (Lipinski definition) is 5. The molecule has 1 aliphatic rings. The second-order valence-corrected chi connectivity index (χ2v) is 5.16. The number of likely N-dealkylation sites (tertiary alicyclic amines) is 1. The number of ether oxygens (including phenoxy) is 2. The maximum Gasteiger partial charge on any atom is 0.170 e. The molecule has 1 aromatic rings. The largest absolute Gasteiger partial charge is 0.492 e. The Morgan fingerprint density at radius 3 is 2.86 bits per heavy atom. The minimum Gasteiger partial charge on any atom is -0.492 e. The monoisotopic (exact) mass is 293 g/mol. The van der Waals surface area contributed by atoms with Crippen LogP contribution < -0.4 is 10.5 Å². The Kier molecular flexibility index (Phi) is 5.83. The lowest BCUT2D eigenvalue weighted by Crippen LogP contribution is -2.41. The van der Waals surface area contributed by atoms with Gasteiger partial charge in [0.25, 0.3) is 0 Å². The SMILES string of the molecule is COC1CCCN(CCOc2ccc(/C(N)=N/O)cc2)C1. The molecule has 1 aromatic carbocycles. The van der Waals surface area contributed by atoms with Gasteiger partial charge in [-0.15, -0.1) is 0 Å². The predicted octanol–water partition coefficient (Wildman–Crippen LogP) is 1.27. The van der Waals surface area contributed by atoms with E-state index in [1.54, 1.807) is 19.2 Å². The molecule has 1 heterocycles. The summed E-state index contributed by atoms with van der Waals surface area (Å²) < 4.78 is 11.1. The van der Waals surface area contributed by atoms with Crippen LogP contribution in [0.5, 0.6) is 5.75 Å². The van der Waals surface area contributed by atoms with Gasteiger partial charge in [-0.05, 0) is 43.7 Å². The summed E-state index contributed by atoms with van der Waals surface area (Å²) in [5.74, 6) is 0.880. The first kappa shape index (κ1) is 15.6. The molecule has 0 radical (unpaired) electrons. The molecule has 0 aromatic heterocycles. The third-order valence-corrected chi connectivity index (χ3v) is 3.73. The van der Waals surface area contributed by atoms with E-state index in [9.17, 15) is 0 Å². The van der Waals surface area contributed by atoms with Crippen LogP contribution in [0.4, 0.5) is 0 Å². The Balaban J connectivity index is 1.75. The van der Waals surface area contributed by atoms with Gasteiger partial charge < -0.3 is 20.4 Å². The van der Waals surface area contributed by atoms with Crippen molar-refractivity contribution in [2.45, 2.75) is 18.9 Å². The molecule has 6 nitrogen and oxygen atoms in total. The number of amidine groups is 1. The number of benzene rings is 1. The number of nitrogens with two attached hydrogens (primary N) is 1. The minimum atomic E-state index is 0.0977. The van der Waals surface area contributed by atoms with Crippen LogP contribution in [-0.4, -0.2) is 55.4 Å². The first-order valence-corrected chi connectivity index (χ1v) is 7.19. The molecule has 6 heteroatoms. The maximum atomic E-state index is 8.60. The highest BCUT2D eigenvalue weighted by molar-refractivity contribution is 5.97. The van der Waals surface area contributed by atoms with Crippen LogP contribution in [0.3, 0.4) is 0 Å². The predicted molar refractivity (Wildman–Crippen MR) is 80.9 cm³/mol. The van der Waals surface area contributed by atoms with E-state index < -0.39 is 0 Å².